The van der Waals surface area contributed by atoms with E-state index in [4.69, 9.17) is 18.7 Å². The summed E-state index contributed by atoms with van der Waals surface area (Å²) >= 11 is 0. The molecule has 36 heavy (non-hydrogen) atoms. The summed E-state index contributed by atoms with van der Waals surface area (Å²) in [5.74, 6) is 3.06. The Morgan fingerprint density at radius 2 is 1.94 bits per heavy atom. The maximum absolute atomic E-state index is 13.0. The van der Waals surface area contributed by atoms with E-state index in [2.05, 4.69) is 20.4 Å². The van der Waals surface area contributed by atoms with Gasteiger partial charge in [0.05, 0.1) is 39.3 Å². The number of likely N-dealkylation sites (tertiary alicyclic amines) is 1. The zero-order chi connectivity index (χ0) is 25.5. The Morgan fingerprint density at radius 3 is 2.67 bits per heavy atom. The molecule has 9 heteroatoms. The Kier molecular flexibility index (Phi) is 8.43. The molecule has 2 heterocycles. The Morgan fingerprint density at radius 1 is 1.17 bits per heavy atom. The lowest BCUT2D eigenvalue weighted by molar-refractivity contribution is -0.127. The van der Waals surface area contributed by atoms with Crippen molar-refractivity contribution in [3.05, 3.63) is 53.9 Å². The Hall–Kier alpha value is -3.59. The molecule has 2 atom stereocenters. The molecule has 0 radical (unpaired) electrons. The molecular formula is C27H34N4O5. The van der Waals surface area contributed by atoms with Crippen molar-refractivity contribution in [2.75, 3.05) is 33.9 Å². The monoisotopic (exact) mass is 494 g/mol. The molecule has 9 nitrogen and oxygen atoms in total. The van der Waals surface area contributed by atoms with Gasteiger partial charge in [-0.1, -0.05) is 17.3 Å². The molecule has 1 N–H and O–H groups in total. The van der Waals surface area contributed by atoms with Crippen molar-refractivity contribution in [3.63, 3.8) is 0 Å². The van der Waals surface area contributed by atoms with E-state index in [0.717, 1.165) is 36.3 Å². The van der Waals surface area contributed by atoms with Crippen molar-refractivity contribution >= 4 is 5.91 Å². The van der Waals surface area contributed by atoms with Crippen molar-refractivity contribution in [2.24, 2.45) is 5.92 Å². The van der Waals surface area contributed by atoms with Crippen molar-refractivity contribution in [3.8, 4) is 28.6 Å². The van der Waals surface area contributed by atoms with Crippen LogP contribution in [0.4, 0.5) is 0 Å². The lowest BCUT2D eigenvalue weighted by Gasteiger charge is -2.31. The lowest BCUT2D eigenvalue weighted by Crippen LogP contribution is -2.43. The van der Waals surface area contributed by atoms with E-state index >= 15 is 0 Å². The fourth-order valence-electron chi connectivity index (χ4n) is 4.45. The molecule has 2 aromatic carbocycles. The van der Waals surface area contributed by atoms with Crippen LogP contribution in [-0.4, -0.2) is 54.9 Å². The summed E-state index contributed by atoms with van der Waals surface area (Å²) in [5.41, 5.74) is 1.83. The highest BCUT2D eigenvalue weighted by molar-refractivity contribution is 5.79. The summed E-state index contributed by atoms with van der Waals surface area (Å²) in [4.78, 5) is 19.8. The second-order valence-electron chi connectivity index (χ2n) is 8.89. The predicted molar refractivity (Wildman–Crippen MR) is 135 cm³/mol. The quantitative estimate of drug-likeness (QED) is 0.447. The van der Waals surface area contributed by atoms with E-state index < -0.39 is 0 Å². The molecule has 0 saturated carbocycles. The van der Waals surface area contributed by atoms with Gasteiger partial charge in [-0.2, -0.15) is 4.98 Å². The van der Waals surface area contributed by atoms with Crippen LogP contribution in [0.1, 0.15) is 44.2 Å². The van der Waals surface area contributed by atoms with Crippen molar-refractivity contribution < 1.29 is 23.5 Å². The molecule has 4 rings (SSSR count). The van der Waals surface area contributed by atoms with Gasteiger partial charge in [0.2, 0.25) is 17.6 Å². The number of benzene rings is 2. The molecule has 0 aliphatic carbocycles. The Labute approximate surface area is 211 Å². The number of nitrogens with one attached hydrogen (secondary N) is 1. The molecule has 1 aromatic heterocycles. The molecule has 1 aliphatic heterocycles. The fraction of sp³-hybridized carbons (Fsp3) is 0.444. The normalized spacial score (nSPS) is 16.8. The minimum Gasteiger partial charge on any atom is -0.494 e. The van der Waals surface area contributed by atoms with Crippen LogP contribution >= 0.6 is 0 Å². The lowest BCUT2D eigenvalue weighted by atomic mass is 9.96. The van der Waals surface area contributed by atoms with Gasteiger partial charge in [0.25, 0.3) is 0 Å². The highest BCUT2D eigenvalue weighted by Gasteiger charge is 2.28. The SMILES string of the molecule is CCOc1ccc(C(C)NC(=O)C2CCCN(Cc3nc(-c4ccc(OC)c(OC)c4)no3)C2)cc1. The smallest absolute Gasteiger partial charge is 0.241 e. The van der Waals surface area contributed by atoms with E-state index in [1.54, 1.807) is 14.2 Å². The summed E-state index contributed by atoms with van der Waals surface area (Å²) in [7, 11) is 3.18. The first-order valence-electron chi connectivity index (χ1n) is 12.3. The number of piperidine rings is 1. The third-order valence-corrected chi connectivity index (χ3v) is 6.39. The highest BCUT2D eigenvalue weighted by Crippen LogP contribution is 2.31. The molecule has 1 fully saturated rings. The number of methoxy groups -OCH3 is 2. The van der Waals surface area contributed by atoms with E-state index in [-0.39, 0.29) is 17.9 Å². The Bertz CT molecular complexity index is 1150. The first-order chi connectivity index (χ1) is 17.5. The minimum atomic E-state index is -0.0860. The third kappa shape index (κ3) is 6.15. The number of aromatic nitrogens is 2. The topological polar surface area (TPSA) is 99.0 Å². The van der Waals surface area contributed by atoms with Crippen molar-refractivity contribution in [1.82, 2.24) is 20.4 Å². The van der Waals surface area contributed by atoms with Crippen LogP contribution in [0.25, 0.3) is 11.4 Å². The molecule has 0 spiro atoms. The van der Waals surface area contributed by atoms with Crippen LogP contribution in [-0.2, 0) is 11.3 Å². The second-order valence-corrected chi connectivity index (χ2v) is 8.89. The zero-order valence-electron chi connectivity index (χ0n) is 21.3. The maximum Gasteiger partial charge on any atom is 0.241 e. The van der Waals surface area contributed by atoms with Crippen LogP contribution in [0, 0.1) is 5.92 Å². The van der Waals surface area contributed by atoms with Gasteiger partial charge in [-0.25, -0.2) is 0 Å². The van der Waals surface area contributed by atoms with Gasteiger partial charge < -0.3 is 24.1 Å². The van der Waals surface area contributed by atoms with Crippen LogP contribution < -0.4 is 19.5 Å². The van der Waals surface area contributed by atoms with E-state index in [1.807, 2.05) is 56.3 Å². The second kappa shape index (κ2) is 11.9. The van der Waals surface area contributed by atoms with E-state index in [0.29, 0.717) is 42.9 Å². The number of rotatable bonds is 10. The average molecular weight is 495 g/mol. The van der Waals surface area contributed by atoms with Gasteiger partial charge in [-0.15, -0.1) is 0 Å². The standard InChI is InChI=1S/C27H34N4O5/c1-5-35-22-11-8-19(9-12-22)18(2)28-27(32)21-7-6-14-31(16-21)17-25-29-26(30-36-25)20-10-13-23(33-3)24(15-20)34-4/h8-13,15,18,21H,5-7,14,16-17H2,1-4H3,(H,28,32). The fourth-order valence-corrected chi connectivity index (χ4v) is 4.45. The van der Waals surface area contributed by atoms with E-state index in [9.17, 15) is 4.79 Å². The average Bonchev–Trinajstić information content (AvgIpc) is 3.37. The summed E-state index contributed by atoms with van der Waals surface area (Å²) in [6.07, 6.45) is 1.80. The van der Waals surface area contributed by atoms with Gasteiger partial charge in [0.1, 0.15) is 5.75 Å². The van der Waals surface area contributed by atoms with Crippen LogP contribution in [0.5, 0.6) is 17.2 Å². The molecule has 0 bridgehead atoms. The molecular weight excluding hydrogens is 460 g/mol. The van der Waals surface area contributed by atoms with Gasteiger partial charge in [-0.3, -0.25) is 9.69 Å². The van der Waals surface area contributed by atoms with Crippen molar-refractivity contribution in [2.45, 2.75) is 39.3 Å². The maximum atomic E-state index is 13.0. The Balaban J connectivity index is 1.33. The van der Waals surface area contributed by atoms with Gasteiger partial charge in [0.15, 0.2) is 11.5 Å². The number of carbonyl (C=O) groups excluding carboxylic acids is 1. The predicted octanol–water partition coefficient (Wildman–Crippen LogP) is 4.24. The summed E-state index contributed by atoms with van der Waals surface area (Å²) in [6.45, 7) is 6.62. The number of nitrogens with zero attached hydrogens (tertiary/aromatic N) is 3. The third-order valence-electron chi connectivity index (χ3n) is 6.39. The van der Waals surface area contributed by atoms with Crippen molar-refractivity contribution in [1.29, 1.82) is 0 Å². The largest absolute Gasteiger partial charge is 0.494 e. The molecule has 2 unspecified atom stereocenters. The first-order valence-corrected chi connectivity index (χ1v) is 12.3. The molecule has 192 valence electrons. The summed E-state index contributed by atoms with van der Waals surface area (Å²) < 4.78 is 21.7. The molecule has 3 aromatic rings. The van der Waals surface area contributed by atoms with Gasteiger partial charge in [-0.05, 0) is 69.1 Å². The van der Waals surface area contributed by atoms with Crippen LogP contribution in [0.3, 0.4) is 0 Å². The molecule has 1 amide bonds. The first kappa shape index (κ1) is 25.5. The van der Waals surface area contributed by atoms with E-state index in [1.165, 1.54) is 0 Å². The number of amides is 1. The minimum absolute atomic E-state index is 0.0673. The van der Waals surface area contributed by atoms with Crippen LogP contribution in [0.15, 0.2) is 47.0 Å². The number of carbonyl (C=O) groups is 1. The van der Waals surface area contributed by atoms with Crippen LogP contribution in [0.2, 0.25) is 0 Å². The number of hydrogen-bond acceptors (Lipinski definition) is 8. The summed E-state index contributed by atoms with van der Waals surface area (Å²) in [6, 6.07) is 13.3. The van der Waals surface area contributed by atoms with Gasteiger partial charge in [0, 0.05) is 12.1 Å². The zero-order valence-corrected chi connectivity index (χ0v) is 21.3. The number of ether oxygens (including phenoxy) is 3. The molecule has 1 aliphatic rings. The summed E-state index contributed by atoms with van der Waals surface area (Å²) in [5, 5.41) is 7.30. The molecule has 1 saturated heterocycles. The number of hydrogen-bond donors (Lipinski definition) is 1. The highest BCUT2D eigenvalue weighted by atomic mass is 16.5. The van der Waals surface area contributed by atoms with Gasteiger partial charge >= 0.3 is 0 Å².